The normalized spacial score (nSPS) is 15.6. The van der Waals surface area contributed by atoms with Crippen LogP contribution < -0.4 is 14.9 Å². The van der Waals surface area contributed by atoms with E-state index in [1.54, 1.807) is 19.2 Å². The fraction of sp³-hybridized carbons (Fsp3) is 0.350. The first-order chi connectivity index (χ1) is 13.5. The molecule has 0 saturated carbocycles. The molecule has 0 amide bonds. The number of hydrogen-bond donors (Lipinski definition) is 2. The minimum absolute atomic E-state index is 0.264. The van der Waals surface area contributed by atoms with Gasteiger partial charge in [-0.05, 0) is 36.9 Å². The number of sulfonamides is 1. The standard InChI is InChI=1S/C20H27N5O2S/c1-21-20(23-16-17-8-10-19(11-9-17)28(26,27)22-2)25-14-12-24(13-15-25)18-6-4-3-5-7-18/h3-11,22H,12-16H2,1-2H3,(H,21,23). The zero-order chi connectivity index (χ0) is 20.0. The molecule has 0 radical (unpaired) electrons. The molecule has 7 nitrogen and oxygen atoms in total. The third-order valence-electron chi connectivity index (χ3n) is 4.87. The second-order valence-electron chi connectivity index (χ2n) is 6.56. The molecule has 2 N–H and O–H groups in total. The Bertz CT molecular complexity index is 890. The Morgan fingerprint density at radius 2 is 1.64 bits per heavy atom. The van der Waals surface area contributed by atoms with Crippen molar-refractivity contribution in [3.05, 3.63) is 60.2 Å². The molecule has 3 rings (SSSR count). The maximum Gasteiger partial charge on any atom is 0.240 e. The molecule has 1 aliphatic heterocycles. The van der Waals surface area contributed by atoms with Crippen LogP contribution in [0.1, 0.15) is 5.56 Å². The molecule has 150 valence electrons. The molecule has 0 aliphatic carbocycles. The lowest BCUT2D eigenvalue weighted by atomic mass is 10.2. The van der Waals surface area contributed by atoms with Crippen molar-refractivity contribution in [2.75, 3.05) is 45.2 Å². The molecule has 1 fully saturated rings. The van der Waals surface area contributed by atoms with Crippen LogP contribution in [0, 0.1) is 0 Å². The van der Waals surface area contributed by atoms with Gasteiger partial charge in [0, 0.05) is 45.5 Å². The van der Waals surface area contributed by atoms with Crippen LogP contribution in [0.25, 0.3) is 0 Å². The lowest BCUT2D eigenvalue weighted by Crippen LogP contribution is -2.52. The van der Waals surface area contributed by atoms with E-state index in [9.17, 15) is 8.42 Å². The van der Waals surface area contributed by atoms with E-state index in [0.717, 1.165) is 37.7 Å². The summed E-state index contributed by atoms with van der Waals surface area (Å²) in [6.07, 6.45) is 0. The Hall–Kier alpha value is -2.58. The number of hydrogen-bond acceptors (Lipinski definition) is 4. The van der Waals surface area contributed by atoms with Crippen molar-refractivity contribution in [3.8, 4) is 0 Å². The van der Waals surface area contributed by atoms with Crippen molar-refractivity contribution in [2.24, 2.45) is 4.99 Å². The van der Waals surface area contributed by atoms with Crippen molar-refractivity contribution < 1.29 is 8.42 Å². The van der Waals surface area contributed by atoms with Crippen LogP contribution in [0.4, 0.5) is 5.69 Å². The highest BCUT2D eigenvalue weighted by Gasteiger charge is 2.19. The van der Waals surface area contributed by atoms with E-state index in [2.05, 4.69) is 49.1 Å². The average molecular weight is 402 g/mol. The molecule has 28 heavy (non-hydrogen) atoms. The number of nitrogens with one attached hydrogen (secondary N) is 2. The zero-order valence-electron chi connectivity index (χ0n) is 16.3. The second kappa shape index (κ2) is 9.07. The summed E-state index contributed by atoms with van der Waals surface area (Å²) in [5, 5.41) is 3.37. The van der Waals surface area contributed by atoms with Crippen LogP contribution in [0.3, 0.4) is 0 Å². The molecular formula is C20H27N5O2S. The zero-order valence-corrected chi connectivity index (χ0v) is 17.1. The van der Waals surface area contributed by atoms with Crippen molar-refractivity contribution in [3.63, 3.8) is 0 Å². The van der Waals surface area contributed by atoms with E-state index in [0.29, 0.717) is 6.54 Å². The quantitative estimate of drug-likeness (QED) is 0.586. The molecule has 2 aromatic carbocycles. The Kier molecular flexibility index (Phi) is 6.53. The number of piperazine rings is 1. The topological polar surface area (TPSA) is 77.0 Å². The highest BCUT2D eigenvalue weighted by Crippen LogP contribution is 2.16. The summed E-state index contributed by atoms with van der Waals surface area (Å²) >= 11 is 0. The third-order valence-corrected chi connectivity index (χ3v) is 6.30. The number of rotatable bonds is 5. The van der Waals surface area contributed by atoms with Gasteiger partial charge in [0.05, 0.1) is 4.90 Å². The number of benzene rings is 2. The number of nitrogens with zero attached hydrogens (tertiary/aromatic N) is 3. The van der Waals surface area contributed by atoms with Gasteiger partial charge < -0.3 is 15.1 Å². The lowest BCUT2D eigenvalue weighted by Gasteiger charge is -2.37. The smallest absolute Gasteiger partial charge is 0.240 e. The molecule has 0 unspecified atom stereocenters. The SMILES string of the molecule is CN=C(NCc1ccc(S(=O)(=O)NC)cc1)N1CCN(c2ccccc2)CC1. The molecule has 2 aromatic rings. The van der Waals surface area contributed by atoms with Gasteiger partial charge in [-0.15, -0.1) is 0 Å². The van der Waals surface area contributed by atoms with E-state index >= 15 is 0 Å². The van der Waals surface area contributed by atoms with E-state index in [4.69, 9.17) is 0 Å². The minimum Gasteiger partial charge on any atom is -0.368 e. The van der Waals surface area contributed by atoms with E-state index in [1.165, 1.54) is 12.7 Å². The van der Waals surface area contributed by atoms with Crippen molar-refractivity contribution in [1.29, 1.82) is 0 Å². The van der Waals surface area contributed by atoms with Gasteiger partial charge in [0.1, 0.15) is 0 Å². The highest BCUT2D eigenvalue weighted by atomic mass is 32.2. The molecule has 0 spiro atoms. The van der Waals surface area contributed by atoms with E-state index in [1.807, 2.05) is 18.2 Å². The second-order valence-corrected chi connectivity index (χ2v) is 8.45. The summed E-state index contributed by atoms with van der Waals surface area (Å²) < 4.78 is 25.9. The van der Waals surface area contributed by atoms with Gasteiger partial charge in [-0.2, -0.15) is 0 Å². The number of anilines is 1. The van der Waals surface area contributed by atoms with Gasteiger partial charge in [0.2, 0.25) is 10.0 Å². The average Bonchev–Trinajstić information content (AvgIpc) is 2.75. The molecule has 0 aromatic heterocycles. The maximum absolute atomic E-state index is 11.8. The molecule has 0 bridgehead atoms. The Labute approximate surface area is 167 Å². The van der Waals surface area contributed by atoms with Gasteiger partial charge in [-0.3, -0.25) is 4.99 Å². The number of para-hydroxylation sites is 1. The molecule has 1 saturated heterocycles. The van der Waals surface area contributed by atoms with Crippen LogP contribution >= 0.6 is 0 Å². The molecule has 0 atom stereocenters. The molecule has 1 heterocycles. The Balaban J connectivity index is 1.54. The summed E-state index contributed by atoms with van der Waals surface area (Å²) in [6.45, 7) is 4.27. The van der Waals surface area contributed by atoms with E-state index in [-0.39, 0.29) is 4.90 Å². The highest BCUT2D eigenvalue weighted by molar-refractivity contribution is 7.89. The van der Waals surface area contributed by atoms with Gasteiger partial charge in [-0.1, -0.05) is 30.3 Å². The first kappa shape index (κ1) is 20.2. The summed E-state index contributed by atoms with van der Waals surface area (Å²) in [5.41, 5.74) is 2.25. The van der Waals surface area contributed by atoms with Gasteiger partial charge >= 0.3 is 0 Å². The largest absolute Gasteiger partial charge is 0.368 e. The minimum atomic E-state index is -3.40. The van der Waals surface area contributed by atoms with Crippen LogP contribution in [-0.2, 0) is 16.6 Å². The van der Waals surface area contributed by atoms with E-state index < -0.39 is 10.0 Å². The predicted octanol–water partition coefficient (Wildman–Crippen LogP) is 1.49. The predicted molar refractivity (Wildman–Crippen MR) is 113 cm³/mol. The van der Waals surface area contributed by atoms with Gasteiger partial charge in [-0.25, -0.2) is 13.1 Å². The maximum atomic E-state index is 11.8. The summed E-state index contributed by atoms with van der Waals surface area (Å²) in [7, 11) is -0.208. The molecular weight excluding hydrogens is 374 g/mol. The molecule has 1 aliphatic rings. The van der Waals surface area contributed by atoms with Crippen LogP contribution in [-0.4, -0.2) is 59.6 Å². The summed E-state index contributed by atoms with van der Waals surface area (Å²) in [5.74, 6) is 0.861. The van der Waals surface area contributed by atoms with Gasteiger partial charge in [0.25, 0.3) is 0 Å². The molecule has 8 heteroatoms. The van der Waals surface area contributed by atoms with Crippen LogP contribution in [0.15, 0.2) is 64.5 Å². The van der Waals surface area contributed by atoms with Crippen molar-refractivity contribution >= 4 is 21.7 Å². The first-order valence-electron chi connectivity index (χ1n) is 9.31. The fourth-order valence-electron chi connectivity index (χ4n) is 3.23. The lowest BCUT2D eigenvalue weighted by molar-refractivity contribution is 0.372. The van der Waals surface area contributed by atoms with Crippen LogP contribution in [0.5, 0.6) is 0 Å². The summed E-state index contributed by atoms with van der Waals surface area (Å²) in [6, 6.07) is 17.3. The summed E-state index contributed by atoms with van der Waals surface area (Å²) in [4.78, 5) is 9.29. The fourth-order valence-corrected chi connectivity index (χ4v) is 3.96. The van der Waals surface area contributed by atoms with Crippen molar-refractivity contribution in [1.82, 2.24) is 14.9 Å². The Morgan fingerprint density at radius 3 is 2.21 bits per heavy atom. The third kappa shape index (κ3) is 4.82. The Morgan fingerprint density at radius 1 is 1.00 bits per heavy atom. The first-order valence-corrected chi connectivity index (χ1v) is 10.8. The monoisotopic (exact) mass is 401 g/mol. The van der Waals surface area contributed by atoms with Crippen LogP contribution in [0.2, 0.25) is 0 Å². The van der Waals surface area contributed by atoms with Crippen molar-refractivity contribution in [2.45, 2.75) is 11.4 Å². The number of aliphatic imine (C=N–C) groups is 1. The van der Waals surface area contributed by atoms with Gasteiger partial charge in [0.15, 0.2) is 5.96 Å². The number of guanidine groups is 1.